The zero-order chi connectivity index (χ0) is 10.9. The van der Waals surface area contributed by atoms with Gasteiger partial charge in [-0.25, -0.2) is 4.79 Å². The van der Waals surface area contributed by atoms with Crippen LogP contribution in [0.5, 0.6) is 0 Å². The number of carboxylic acid groups (broad SMARTS) is 1. The number of carboxylic acids is 1. The van der Waals surface area contributed by atoms with Crippen molar-refractivity contribution in [1.29, 1.82) is 0 Å². The number of aliphatic hydroxyl groups is 1. The van der Waals surface area contributed by atoms with Crippen LogP contribution < -0.4 is 0 Å². The third-order valence-electron chi connectivity index (χ3n) is 1.84. The third kappa shape index (κ3) is 2.46. The molecule has 0 heterocycles. The first-order valence-corrected chi connectivity index (χ1v) is 5.67. The molecule has 1 unspecified atom stereocenters. The van der Waals surface area contributed by atoms with E-state index in [1.807, 2.05) is 6.07 Å². The highest BCUT2D eigenvalue weighted by atomic mass is 127. The molecule has 0 saturated carbocycles. The summed E-state index contributed by atoms with van der Waals surface area (Å²) in [6.07, 6.45) is -1.46. The van der Waals surface area contributed by atoms with Crippen molar-refractivity contribution < 1.29 is 15.0 Å². The topological polar surface area (TPSA) is 57.5 Å². The van der Waals surface area contributed by atoms with Crippen LogP contribution in [0.25, 0.3) is 0 Å². The van der Waals surface area contributed by atoms with Crippen LogP contribution in [0.15, 0.2) is 16.6 Å². The van der Waals surface area contributed by atoms with Gasteiger partial charge in [0.15, 0.2) is 6.10 Å². The van der Waals surface area contributed by atoms with E-state index in [2.05, 4.69) is 38.5 Å². The van der Waals surface area contributed by atoms with Gasteiger partial charge >= 0.3 is 5.97 Å². The van der Waals surface area contributed by atoms with E-state index in [1.165, 1.54) is 0 Å². The van der Waals surface area contributed by atoms with Crippen molar-refractivity contribution in [2.75, 3.05) is 0 Å². The van der Waals surface area contributed by atoms with Gasteiger partial charge in [0.1, 0.15) is 0 Å². The SMILES string of the molecule is Cc1cc(I)c(Br)cc1C(O)C(=O)O. The van der Waals surface area contributed by atoms with Gasteiger partial charge in [-0.2, -0.15) is 0 Å². The minimum atomic E-state index is -1.46. The number of hydrogen-bond donors (Lipinski definition) is 2. The predicted octanol–water partition coefficient (Wildman–Crippen LogP) is 2.48. The maximum absolute atomic E-state index is 10.6. The second-order valence-corrected chi connectivity index (χ2v) is 4.88. The molecule has 0 saturated heterocycles. The summed E-state index contributed by atoms with van der Waals surface area (Å²) in [6, 6.07) is 3.46. The second kappa shape index (κ2) is 4.59. The molecule has 0 aliphatic rings. The molecule has 2 N–H and O–H groups in total. The van der Waals surface area contributed by atoms with Crippen LogP contribution in [0.4, 0.5) is 0 Å². The van der Waals surface area contributed by atoms with Gasteiger partial charge < -0.3 is 10.2 Å². The Morgan fingerprint density at radius 2 is 2.14 bits per heavy atom. The van der Waals surface area contributed by atoms with E-state index in [0.29, 0.717) is 5.56 Å². The summed E-state index contributed by atoms with van der Waals surface area (Å²) < 4.78 is 1.78. The summed E-state index contributed by atoms with van der Waals surface area (Å²) in [4.78, 5) is 10.6. The lowest BCUT2D eigenvalue weighted by atomic mass is 10.0. The quantitative estimate of drug-likeness (QED) is 0.786. The summed E-state index contributed by atoms with van der Waals surface area (Å²) >= 11 is 5.42. The summed E-state index contributed by atoms with van der Waals surface area (Å²) in [5, 5.41) is 18.0. The summed E-state index contributed by atoms with van der Waals surface area (Å²) in [5.41, 5.74) is 1.19. The van der Waals surface area contributed by atoms with Crippen molar-refractivity contribution in [3.05, 3.63) is 31.3 Å². The van der Waals surface area contributed by atoms with Crippen molar-refractivity contribution in [1.82, 2.24) is 0 Å². The number of halogens is 2. The molecule has 0 bridgehead atoms. The first kappa shape index (κ1) is 11.9. The fourth-order valence-corrected chi connectivity index (χ4v) is 2.07. The van der Waals surface area contributed by atoms with Crippen molar-refractivity contribution in [3.8, 4) is 0 Å². The van der Waals surface area contributed by atoms with Crippen molar-refractivity contribution in [2.45, 2.75) is 13.0 Å². The van der Waals surface area contributed by atoms with Crippen molar-refractivity contribution in [3.63, 3.8) is 0 Å². The zero-order valence-electron chi connectivity index (χ0n) is 7.29. The molecule has 0 fully saturated rings. The van der Waals surface area contributed by atoms with Gasteiger partial charge in [0.25, 0.3) is 0 Å². The first-order valence-electron chi connectivity index (χ1n) is 3.80. The molecule has 3 nitrogen and oxygen atoms in total. The average molecular weight is 371 g/mol. The van der Waals surface area contributed by atoms with E-state index in [4.69, 9.17) is 5.11 Å². The lowest BCUT2D eigenvalue weighted by Crippen LogP contribution is -2.12. The summed E-state index contributed by atoms with van der Waals surface area (Å²) in [5.74, 6) is -1.23. The van der Waals surface area contributed by atoms with E-state index >= 15 is 0 Å². The summed E-state index contributed by atoms with van der Waals surface area (Å²) in [6.45, 7) is 1.77. The van der Waals surface area contributed by atoms with Gasteiger partial charge in [0.2, 0.25) is 0 Å². The highest BCUT2D eigenvalue weighted by Gasteiger charge is 2.18. The van der Waals surface area contributed by atoms with Crippen LogP contribution in [0, 0.1) is 10.5 Å². The van der Waals surface area contributed by atoms with Crippen LogP contribution in [0.2, 0.25) is 0 Å². The van der Waals surface area contributed by atoms with E-state index in [1.54, 1.807) is 13.0 Å². The van der Waals surface area contributed by atoms with Gasteiger partial charge in [-0.3, -0.25) is 0 Å². The molecule has 0 radical (unpaired) electrons. The first-order chi connectivity index (χ1) is 6.43. The number of carbonyl (C=O) groups is 1. The number of aryl methyl sites for hydroxylation is 1. The van der Waals surface area contributed by atoms with E-state index in [0.717, 1.165) is 13.6 Å². The molecular formula is C9H8BrIO3. The Balaban J connectivity index is 3.22. The number of hydrogen-bond acceptors (Lipinski definition) is 2. The highest BCUT2D eigenvalue weighted by Crippen LogP contribution is 2.27. The standard InChI is InChI=1S/C9H8BrIO3/c1-4-2-7(11)6(10)3-5(4)8(12)9(13)14/h2-3,8,12H,1H3,(H,13,14). The van der Waals surface area contributed by atoms with Crippen molar-refractivity contribution >= 4 is 44.5 Å². The fraction of sp³-hybridized carbons (Fsp3) is 0.222. The monoisotopic (exact) mass is 370 g/mol. The second-order valence-electron chi connectivity index (χ2n) is 2.86. The zero-order valence-corrected chi connectivity index (χ0v) is 11.0. The molecule has 1 rings (SSSR count). The fourth-order valence-electron chi connectivity index (χ4n) is 1.09. The molecule has 1 aromatic rings. The Labute approximate surface area is 103 Å². The molecule has 5 heteroatoms. The largest absolute Gasteiger partial charge is 0.479 e. The van der Waals surface area contributed by atoms with Gasteiger partial charge in [0.05, 0.1) is 0 Å². The molecule has 0 aliphatic carbocycles. The minimum absolute atomic E-state index is 0.421. The van der Waals surface area contributed by atoms with Crippen LogP contribution >= 0.6 is 38.5 Å². The maximum atomic E-state index is 10.6. The van der Waals surface area contributed by atoms with Crippen molar-refractivity contribution in [2.24, 2.45) is 0 Å². The smallest absolute Gasteiger partial charge is 0.337 e. The third-order valence-corrected chi connectivity index (χ3v) is 4.13. The van der Waals surface area contributed by atoms with Gasteiger partial charge in [-0.05, 0) is 68.7 Å². The Kier molecular flexibility index (Phi) is 3.91. The van der Waals surface area contributed by atoms with E-state index < -0.39 is 12.1 Å². The minimum Gasteiger partial charge on any atom is -0.479 e. The van der Waals surface area contributed by atoms with Gasteiger partial charge in [-0.15, -0.1) is 0 Å². The lowest BCUT2D eigenvalue weighted by Gasteiger charge is -2.10. The Morgan fingerprint density at radius 3 is 2.64 bits per heavy atom. The number of rotatable bonds is 2. The molecule has 1 atom stereocenters. The van der Waals surface area contributed by atoms with Gasteiger partial charge in [-0.1, -0.05) is 0 Å². The molecule has 0 aliphatic heterocycles. The molecule has 0 aromatic heterocycles. The van der Waals surface area contributed by atoms with E-state index in [9.17, 15) is 9.90 Å². The summed E-state index contributed by atoms with van der Waals surface area (Å²) in [7, 11) is 0. The highest BCUT2D eigenvalue weighted by molar-refractivity contribution is 14.1. The molecule has 1 aromatic carbocycles. The average Bonchev–Trinajstić information content (AvgIpc) is 2.10. The van der Waals surface area contributed by atoms with Gasteiger partial charge in [0, 0.05) is 8.04 Å². The normalized spacial score (nSPS) is 12.6. The van der Waals surface area contributed by atoms with Crippen LogP contribution in [0.3, 0.4) is 0 Å². The number of aliphatic carboxylic acids is 1. The molecular weight excluding hydrogens is 363 g/mol. The Hall–Kier alpha value is -0.140. The van der Waals surface area contributed by atoms with Crippen LogP contribution in [0.1, 0.15) is 17.2 Å². The Bertz CT molecular complexity index is 379. The van der Waals surface area contributed by atoms with Crippen LogP contribution in [-0.2, 0) is 4.79 Å². The molecule has 0 spiro atoms. The maximum Gasteiger partial charge on any atom is 0.337 e. The van der Waals surface area contributed by atoms with E-state index in [-0.39, 0.29) is 0 Å². The molecule has 0 amide bonds. The molecule has 14 heavy (non-hydrogen) atoms. The lowest BCUT2D eigenvalue weighted by molar-refractivity contribution is -0.147. The predicted molar refractivity (Wildman–Crippen MR) is 64.2 cm³/mol. The number of aliphatic hydroxyl groups excluding tert-OH is 1. The van der Waals surface area contributed by atoms with Crippen LogP contribution in [-0.4, -0.2) is 16.2 Å². The molecule has 76 valence electrons. The Morgan fingerprint density at radius 1 is 1.57 bits per heavy atom. The number of benzene rings is 1.